The van der Waals surface area contributed by atoms with E-state index in [4.69, 9.17) is 5.11 Å². The summed E-state index contributed by atoms with van der Waals surface area (Å²) in [4.78, 5) is 15.2. The number of aryl methyl sites for hydroxylation is 1. The van der Waals surface area contributed by atoms with E-state index < -0.39 is 23.6 Å². The molecule has 0 radical (unpaired) electrons. The van der Waals surface area contributed by atoms with Crippen molar-refractivity contribution >= 4 is 17.0 Å². The van der Waals surface area contributed by atoms with Crippen molar-refractivity contribution in [2.45, 2.75) is 26.3 Å². The predicted molar refractivity (Wildman–Crippen MR) is 61.4 cm³/mol. The number of imidazole rings is 1. The molecule has 1 unspecified atom stereocenters. The van der Waals surface area contributed by atoms with Gasteiger partial charge in [0.25, 0.3) is 0 Å². The first-order valence-corrected chi connectivity index (χ1v) is 5.54. The van der Waals surface area contributed by atoms with Crippen LogP contribution in [0.15, 0.2) is 12.1 Å². The fourth-order valence-electron chi connectivity index (χ4n) is 1.93. The average molecular weight is 254 g/mol. The Morgan fingerprint density at radius 3 is 2.61 bits per heavy atom. The number of carbonyl (C=O) groups is 1. The minimum Gasteiger partial charge on any atom is -0.480 e. The van der Waals surface area contributed by atoms with E-state index >= 15 is 0 Å². The van der Waals surface area contributed by atoms with E-state index in [9.17, 15) is 13.6 Å². The molecule has 6 heteroatoms. The topological polar surface area (TPSA) is 55.1 Å². The molecule has 0 spiro atoms. The first-order chi connectivity index (χ1) is 8.45. The zero-order valence-corrected chi connectivity index (χ0v) is 9.94. The minimum atomic E-state index is -1.05. The van der Waals surface area contributed by atoms with Crippen molar-refractivity contribution in [3.8, 4) is 0 Å². The second-order valence-corrected chi connectivity index (χ2v) is 4.02. The highest BCUT2D eigenvalue weighted by molar-refractivity contribution is 5.80. The van der Waals surface area contributed by atoms with E-state index in [0.29, 0.717) is 17.8 Å². The van der Waals surface area contributed by atoms with Crippen LogP contribution in [0.5, 0.6) is 0 Å². The van der Waals surface area contributed by atoms with Crippen LogP contribution >= 0.6 is 0 Å². The lowest BCUT2D eigenvalue weighted by atomic mass is 10.2. The molecule has 2 rings (SSSR count). The maximum atomic E-state index is 13.2. The van der Waals surface area contributed by atoms with E-state index in [2.05, 4.69) is 4.98 Å². The summed E-state index contributed by atoms with van der Waals surface area (Å²) >= 11 is 0. The number of rotatable bonds is 3. The number of aliphatic carboxylic acids is 1. The van der Waals surface area contributed by atoms with Crippen LogP contribution in [0.3, 0.4) is 0 Å². The highest BCUT2D eigenvalue weighted by atomic mass is 19.2. The SMILES string of the molecule is CCc1nc2cc(F)c(F)cc2n1C(C)C(=O)O. The normalized spacial score (nSPS) is 12.9. The monoisotopic (exact) mass is 254 g/mol. The summed E-state index contributed by atoms with van der Waals surface area (Å²) in [6, 6.07) is 1.08. The first-order valence-electron chi connectivity index (χ1n) is 5.54. The van der Waals surface area contributed by atoms with Gasteiger partial charge in [0, 0.05) is 18.6 Å². The molecule has 1 atom stereocenters. The molecule has 18 heavy (non-hydrogen) atoms. The molecule has 2 aromatic rings. The molecule has 0 saturated carbocycles. The van der Waals surface area contributed by atoms with Crippen LogP contribution < -0.4 is 0 Å². The first kappa shape index (κ1) is 12.5. The number of carboxylic acids is 1. The highest BCUT2D eigenvalue weighted by Crippen LogP contribution is 2.24. The molecule has 1 aromatic carbocycles. The van der Waals surface area contributed by atoms with Crippen LogP contribution in [-0.4, -0.2) is 20.6 Å². The molecular weight excluding hydrogens is 242 g/mol. The van der Waals surface area contributed by atoms with E-state index in [0.717, 1.165) is 12.1 Å². The fraction of sp³-hybridized carbons (Fsp3) is 0.333. The van der Waals surface area contributed by atoms with Gasteiger partial charge in [-0.25, -0.2) is 18.6 Å². The molecule has 0 aliphatic heterocycles. The van der Waals surface area contributed by atoms with Gasteiger partial charge < -0.3 is 9.67 Å². The van der Waals surface area contributed by atoms with Gasteiger partial charge in [0.1, 0.15) is 11.9 Å². The largest absolute Gasteiger partial charge is 0.480 e. The number of nitrogens with zero attached hydrogens (tertiary/aromatic N) is 2. The van der Waals surface area contributed by atoms with Crippen LogP contribution in [0.2, 0.25) is 0 Å². The third-order valence-electron chi connectivity index (χ3n) is 2.87. The number of halogens is 2. The summed E-state index contributed by atoms with van der Waals surface area (Å²) in [5.41, 5.74) is 0.555. The number of carboxylic acid groups (broad SMARTS) is 1. The minimum absolute atomic E-state index is 0.263. The van der Waals surface area contributed by atoms with E-state index in [1.165, 1.54) is 11.5 Å². The Hall–Kier alpha value is -1.98. The summed E-state index contributed by atoms with van der Waals surface area (Å²) in [7, 11) is 0. The second kappa shape index (κ2) is 4.36. The number of hydrogen-bond donors (Lipinski definition) is 1. The number of hydrogen-bond acceptors (Lipinski definition) is 2. The van der Waals surface area contributed by atoms with E-state index in [1.807, 2.05) is 0 Å². The molecule has 0 aliphatic carbocycles. The third kappa shape index (κ3) is 1.83. The molecule has 1 heterocycles. The van der Waals surface area contributed by atoms with Crippen molar-refractivity contribution in [2.75, 3.05) is 0 Å². The lowest BCUT2D eigenvalue weighted by Crippen LogP contribution is -2.17. The Balaban J connectivity index is 2.76. The van der Waals surface area contributed by atoms with Gasteiger partial charge in [-0.2, -0.15) is 0 Å². The van der Waals surface area contributed by atoms with Crippen LogP contribution in [-0.2, 0) is 11.2 Å². The van der Waals surface area contributed by atoms with Crippen molar-refractivity contribution in [3.05, 3.63) is 29.6 Å². The van der Waals surface area contributed by atoms with Gasteiger partial charge in [-0.05, 0) is 6.92 Å². The molecule has 0 saturated heterocycles. The van der Waals surface area contributed by atoms with Gasteiger partial charge in [0.05, 0.1) is 11.0 Å². The average Bonchev–Trinajstić information content (AvgIpc) is 2.66. The summed E-state index contributed by atoms with van der Waals surface area (Å²) in [5.74, 6) is -2.56. The molecular formula is C12H12F2N2O2. The van der Waals surface area contributed by atoms with Crippen LogP contribution in [0, 0.1) is 11.6 Å². The van der Waals surface area contributed by atoms with Gasteiger partial charge in [0.15, 0.2) is 11.6 Å². The van der Waals surface area contributed by atoms with Crippen molar-refractivity contribution in [2.24, 2.45) is 0 Å². The van der Waals surface area contributed by atoms with Crippen molar-refractivity contribution in [1.82, 2.24) is 9.55 Å². The molecule has 0 bridgehead atoms. The molecule has 1 aromatic heterocycles. The molecule has 0 amide bonds. The Labute approximate surface area is 102 Å². The predicted octanol–water partition coefficient (Wildman–Crippen LogP) is 2.52. The maximum absolute atomic E-state index is 13.2. The molecule has 4 nitrogen and oxygen atoms in total. The maximum Gasteiger partial charge on any atom is 0.326 e. The van der Waals surface area contributed by atoms with Crippen LogP contribution in [0.4, 0.5) is 8.78 Å². The molecule has 96 valence electrons. The second-order valence-electron chi connectivity index (χ2n) is 4.02. The third-order valence-corrected chi connectivity index (χ3v) is 2.87. The Kier molecular flexibility index (Phi) is 3.02. The van der Waals surface area contributed by atoms with Gasteiger partial charge >= 0.3 is 5.97 Å². The highest BCUT2D eigenvalue weighted by Gasteiger charge is 2.21. The smallest absolute Gasteiger partial charge is 0.326 e. The standard InChI is InChI=1S/C12H12F2N2O2/c1-3-11-15-9-4-7(13)8(14)5-10(9)16(11)6(2)12(17)18/h4-6H,3H2,1-2H3,(H,17,18). The quantitative estimate of drug-likeness (QED) is 0.915. The summed E-state index contributed by atoms with van der Waals surface area (Å²) in [6.07, 6.45) is 0.482. The number of aromatic nitrogens is 2. The van der Waals surface area contributed by atoms with Gasteiger partial charge in [0.2, 0.25) is 0 Å². The van der Waals surface area contributed by atoms with Gasteiger partial charge in [-0.1, -0.05) is 6.92 Å². The molecule has 1 N–H and O–H groups in total. The summed E-state index contributed by atoms with van der Waals surface area (Å²) < 4.78 is 27.8. The lowest BCUT2D eigenvalue weighted by molar-refractivity contribution is -0.140. The number of fused-ring (bicyclic) bond motifs is 1. The van der Waals surface area contributed by atoms with Crippen LogP contribution in [0.25, 0.3) is 11.0 Å². The Morgan fingerprint density at radius 1 is 1.44 bits per heavy atom. The zero-order chi connectivity index (χ0) is 13.4. The fourth-order valence-corrected chi connectivity index (χ4v) is 1.93. The Morgan fingerprint density at radius 2 is 2.06 bits per heavy atom. The number of benzene rings is 1. The Bertz CT molecular complexity index is 622. The van der Waals surface area contributed by atoms with Crippen LogP contribution in [0.1, 0.15) is 25.7 Å². The summed E-state index contributed by atoms with van der Waals surface area (Å²) in [6.45, 7) is 3.28. The lowest BCUT2D eigenvalue weighted by Gasteiger charge is -2.12. The van der Waals surface area contributed by atoms with E-state index in [-0.39, 0.29) is 5.52 Å². The molecule has 0 aliphatic rings. The van der Waals surface area contributed by atoms with Crippen molar-refractivity contribution in [3.63, 3.8) is 0 Å². The van der Waals surface area contributed by atoms with Gasteiger partial charge in [-0.3, -0.25) is 0 Å². The van der Waals surface area contributed by atoms with E-state index in [1.54, 1.807) is 6.92 Å². The zero-order valence-electron chi connectivity index (χ0n) is 9.94. The summed E-state index contributed by atoms with van der Waals surface area (Å²) in [5, 5.41) is 9.04. The van der Waals surface area contributed by atoms with Crippen molar-refractivity contribution < 1.29 is 18.7 Å². The molecule has 0 fully saturated rings. The van der Waals surface area contributed by atoms with Crippen molar-refractivity contribution in [1.29, 1.82) is 0 Å². The van der Waals surface area contributed by atoms with Gasteiger partial charge in [-0.15, -0.1) is 0 Å².